The summed E-state index contributed by atoms with van der Waals surface area (Å²) >= 11 is 1.67. The number of amides is 3. The summed E-state index contributed by atoms with van der Waals surface area (Å²) in [6, 6.07) is 6.57. The molecule has 25 heavy (non-hydrogen) atoms. The Morgan fingerprint density at radius 1 is 1.08 bits per heavy atom. The van der Waals surface area contributed by atoms with Gasteiger partial charge in [0.15, 0.2) is 0 Å². The summed E-state index contributed by atoms with van der Waals surface area (Å²) in [5.74, 6) is 0.672. The first-order valence-corrected chi connectivity index (χ1v) is 10.2. The lowest BCUT2D eigenvalue weighted by Crippen LogP contribution is -2.36. The maximum Gasteiger partial charge on any atom is 0.321 e. The van der Waals surface area contributed by atoms with Crippen LogP contribution in [0.15, 0.2) is 24.3 Å². The van der Waals surface area contributed by atoms with Gasteiger partial charge in [-0.2, -0.15) is 11.8 Å². The zero-order chi connectivity index (χ0) is 18.1. The van der Waals surface area contributed by atoms with Crippen LogP contribution in [0.25, 0.3) is 0 Å². The van der Waals surface area contributed by atoms with Crippen molar-refractivity contribution in [3.05, 3.63) is 24.3 Å². The smallest absolute Gasteiger partial charge is 0.321 e. The van der Waals surface area contributed by atoms with Crippen LogP contribution in [0.3, 0.4) is 0 Å². The third-order valence-electron chi connectivity index (χ3n) is 4.27. The number of hydrogen-bond acceptors (Lipinski definition) is 4. The molecule has 2 rings (SSSR count). The number of carbonyl (C=O) groups excluding carboxylic acids is 2. The maximum absolute atomic E-state index is 12.3. The summed E-state index contributed by atoms with van der Waals surface area (Å²) in [5.41, 5.74) is 7.25. The minimum Gasteiger partial charge on any atom is -0.325 e. The SMILES string of the molecule is CSCC[C@H](N)C(=O)Nc1ccc(NC(=O)N2CCCCCC2)cc1. The van der Waals surface area contributed by atoms with E-state index in [-0.39, 0.29) is 11.9 Å². The number of likely N-dealkylation sites (tertiary alicyclic amines) is 1. The number of nitrogens with zero attached hydrogens (tertiary/aromatic N) is 1. The summed E-state index contributed by atoms with van der Waals surface area (Å²) < 4.78 is 0. The van der Waals surface area contributed by atoms with Gasteiger partial charge < -0.3 is 21.3 Å². The topological polar surface area (TPSA) is 87.5 Å². The molecule has 1 atom stereocenters. The van der Waals surface area contributed by atoms with Crippen LogP contribution in [0.1, 0.15) is 32.1 Å². The van der Waals surface area contributed by atoms with Crippen molar-refractivity contribution in [1.82, 2.24) is 4.90 Å². The Kier molecular flexibility index (Phi) is 8.08. The molecule has 7 heteroatoms. The highest BCUT2D eigenvalue weighted by atomic mass is 32.2. The molecule has 3 amide bonds. The van der Waals surface area contributed by atoms with Crippen molar-refractivity contribution < 1.29 is 9.59 Å². The van der Waals surface area contributed by atoms with Crippen LogP contribution in [0.4, 0.5) is 16.2 Å². The van der Waals surface area contributed by atoms with E-state index in [0.717, 1.165) is 37.4 Å². The average molecular weight is 365 g/mol. The van der Waals surface area contributed by atoms with Crippen LogP contribution in [0, 0.1) is 0 Å². The summed E-state index contributed by atoms with van der Waals surface area (Å²) in [6.45, 7) is 1.63. The van der Waals surface area contributed by atoms with Crippen LogP contribution in [-0.4, -0.2) is 48.0 Å². The highest BCUT2D eigenvalue weighted by Crippen LogP contribution is 2.16. The lowest BCUT2D eigenvalue weighted by Gasteiger charge is -2.20. The number of urea groups is 1. The van der Waals surface area contributed by atoms with Gasteiger partial charge in [-0.3, -0.25) is 4.79 Å². The van der Waals surface area contributed by atoms with Crippen molar-refractivity contribution >= 4 is 35.1 Å². The van der Waals surface area contributed by atoms with Crippen molar-refractivity contribution in [2.45, 2.75) is 38.1 Å². The number of rotatable bonds is 6. The molecule has 1 aliphatic heterocycles. The first-order chi connectivity index (χ1) is 12.1. The van der Waals surface area contributed by atoms with E-state index < -0.39 is 6.04 Å². The summed E-state index contributed by atoms with van der Waals surface area (Å²) in [6.07, 6.45) is 7.15. The second-order valence-corrected chi connectivity index (χ2v) is 7.27. The summed E-state index contributed by atoms with van der Waals surface area (Å²) in [7, 11) is 0. The van der Waals surface area contributed by atoms with Crippen LogP contribution in [-0.2, 0) is 4.79 Å². The van der Waals surface area contributed by atoms with E-state index in [4.69, 9.17) is 5.73 Å². The normalized spacial score (nSPS) is 16.0. The predicted octanol–water partition coefficient (Wildman–Crippen LogP) is 3.11. The highest BCUT2D eigenvalue weighted by molar-refractivity contribution is 7.98. The van der Waals surface area contributed by atoms with Crippen molar-refractivity contribution in [2.24, 2.45) is 5.73 Å². The van der Waals surface area contributed by atoms with Gasteiger partial charge in [-0.15, -0.1) is 0 Å². The molecule has 0 spiro atoms. The van der Waals surface area contributed by atoms with Crippen LogP contribution in [0.5, 0.6) is 0 Å². The lowest BCUT2D eigenvalue weighted by molar-refractivity contribution is -0.117. The van der Waals surface area contributed by atoms with Gasteiger partial charge in [0.05, 0.1) is 6.04 Å². The van der Waals surface area contributed by atoms with E-state index in [1.807, 2.05) is 11.2 Å². The monoisotopic (exact) mass is 364 g/mol. The molecule has 0 aliphatic carbocycles. The Bertz CT molecular complexity index is 557. The lowest BCUT2D eigenvalue weighted by atomic mass is 10.2. The number of thioether (sulfide) groups is 1. The van der Waals surface area contributed by atoms with Crippen molar-refractivity contribution in [3.63, 3.8) is 0 Å². The number of nitrogens with one attached hydrogen (secondary N) is 2. The molecule has 1 heterocycles. The predicted molar refractivity (Wildman–Crippen MR) is 105 cm³/mol. The van der Waals surface area contributed by atoms with E-state index >= 15 is 0 Å². The molecule has 4 N–H and O–H groups in total. The molecule has 0 saturated carbocycles. The van der Waals surface area contributed by atoms with Gasteiger partial charge in [0.25, 0.3) is 0 Å². The van der Waals surface area contributed by atoms with Gasteiger partial charge in [0.1, 0.15) is 0 Å². The van der Waals surface area contributed by atoms with Gasteiger partial charge in [0, 0.05) is 24.5 Å². The fourth-order valence-corrected chi connectivity index (χ4v) is 3.21. The second kappa shape index (κ2) is 10.3. The zero-order valence-electron chi connectivity index (χ0n) is 14.8. The van der Waals surface area contributed by atoms with E-state index in [1.54, 1.807) is 36.0 Å². The largest absolute Gasteiger partial charge is 0.325 e. The Hall–Kier alpha value is -1.73. The molecule has 0 unspecified atom stereocenters. The Labute approximate surface area is 153 Å². The molecule has 138 valence electrons. The van der Waals surface area contributed by atoms with Gasteiger partial charge >= 0.3 is 6.03 Å². The fourth-order valence-electron chi connectivity index (χ4n) is 2.72. The Morgan fingerprint density at radius 2 is 1.64 bits per heavy atom. The summed E-state index contributed by atoms with van der Waals surface area (Å²) in [5, 5.41) is 5.72. The molecule has 1 aliphatic rings. The molecule has 1 aromatic rings. The number of carbonyl (C=O) groups is 2. The molecule has 1 aromatic carbocycles. The average Bonchev–Trinajstić information content (AvgIpc) is 2.90. The molecule has 1 fully saturated rings. The Morgan fingerprint density at radius 3 is 2.20 bits per heavy atom. The zero-order valence-corrected chi connectivity index (χ0v) is 15.6. The Balaban J connectivity index is 1.84. The third kappa shape index (κ3) is 6.59. The summed E-state index contributed by atoms with van der Waals surface area (Å²) in [4.78, 5) is 26.2. The quantitative estimate of drug-likeness (QED) is 0.724. The van der Waals surface area contributed by atoms with Gasteiger partial charge in [-0.25, -0.2) is 4.79 Å². The number of nitrogens with two attached hydrogens (primary N) is 1. The minimum absolute atomic E-state index is 0.0576. The maximum atomic E-state index is 12.3. The third-order valence-corrected chi connectivity index (χ3v) is 4.91. The van der Waals surface area contributed by atoms with Gasteiger partial charge in [-0.1, -0.05) is 12.8 Å². The van der Waals surface area contributed by atoms with Crippen LogP contribution in [0.2, 0.25) is 0 Å². The molecule has 1 saturated heterocycles. The van der Waals surface area contributed by atoms with Crippen molar-refractivity contribution in [1.29, 1.82) is 0 Å². The number of benzene rings is 1. The second-order valence-electron chi connectivity index (χ2n) is 6.29. The van der Waals surface area contributed by atoms with Gasteiger partial charge in [0.2, 0.25) is 5.91 Å². The van der Waals surface area contributed by atoms with Crippen LogP contribution >= 0.6 is 11.8 Å². The first kappa shape index (κ1) is 19.6. The van der Waals surface area contributed by atoms with Crippen molar-refractivity contribution in [3.8, 4) is 0 Å². The number of anilines is 2. The first-order valence-electron chi connectivity index (χ1n) is 8.81. The van der Waals surface area contributed by atoms with E-state index in [1.165, 1.54) is 12.8 Å². The molecular formula is C18H28N4O2S. The number of hydrogen-bond donors (Lipinski definition) is 3. The van der Waals surface area contributed by atoms with E-state index in [9.17, 15) is 9.59 Å². The standard InChI is InChI=1S/C18H28N4O2S/c1-25-13-10-16(19)17(23)20-14-6-8-15(9-7-14)21-18(24)22-11-4-2-3-5-12-22/h6-9,16H,2-5,10-13,19H2,1H3,(H,20,23)(H,21,24)/t16-/m0/s1. The van der Waals surface area contributed by atoms with E-state index in [0.29, 0.717) is 12.1 Å². The fraction of sp³-hybridized carbons (Fsp3) is 0.556. The molecule has 6 nitrogen and oxygen atoms in total. The molecule has 0 aromatic heterocycles. The van der Waals surface area contributed by atoms with Crippen LogP contribution < -0.4 is 16.4 Å². The highest BCUT2D eigenvalue weighted by Gasteiger charge is 2.16. The minimum atomic E-state index is -0.505. The molecular weight excluding hydrogens is 336 g/mol. The van der Waals surface area contributed by atoms with Gasteiger partial charge in [-0.05, 0) is 55.5 Å². The molecule has 0 radical (unpaired) electrons. The van der Waals surface area contributed by atoms with Crippen molar-refractivity contribution in [2.75, 3.05) is 35.7 Å². The molecule has 0 bridgehead atoms. The van der Waals surface area contributed by atoms with E-state index in [2.05, 4.69) is 10.6 Å².